The maximum Gasteiger partial charge on any atom is 0.255 e. The van der Waals surface area contributed by atoms with Gasteiger partial charge < -0.3 is 14.5 Å². The van der Waals surface area contributed by atoms with Crippen molar-refractivity contribution in [3.05, 3.63) is 40.2 Å². The first-order valence-electron chi connectivity index (χ1n) is 5.29. The molecule has 0 bridgehead atoms. The fourth-order valence-corrected chi connectivity index (χ4v) is 2.11. The minimum absolute atomic E-state index is 0.135. The van der Waals surface area contributed by atoms with Gasteiger partial charge >= 0.3 is 0 Å². The summed E-state index contributed by atoms with van der Waals surface area (Å²) in [6.07, 6.45) is 1.57. The second-order valence-electron chi connectivity index (χ2n) is 3.95. The van der Waals surface area contributed by atoms with E-state index < -0.39 is 0 Å². The molecule has 0 saturated carbocycles. The van der Waals surface area contributed by atoms with Crippen LogP contribution in [0.1, 0.15) is 11.1 Å². The summed E-state index contributed by atoms with van der Waals surface area (Å²) in [5.41, 5.74) is 2.11. The second kappa shape index (κ2) is 3.38. The third kappa shape index (κ3) is 1.34. The van der Waals surface area contributed by atoms with Crippen molar-refractivity contribution in [2.75, 3.05) is 6.79 Å². The van der Waals surface area contributed by atoms with Gasteiger partial charge in [0.25, 0.3) is 5.56 Å². The van der Waals surface area contributed by atoms with Crippen molar-refractivity contribution in [3.63, 3.8) is 0 Å². The summed E-state index contributed by atoms with van der Waals surface area (Å²) in [6, 6.07) is 3.68. The van der Waals surface area contributed by atoms with Gasteiger partial charge in [-0.25, -0.2) is 0 Å². The van der Waals surface area contributed by atoms with Gasteiger partial charge in [-0.15, -0.1) is 0 Å². The Morgan fingerprint density at radius 2 is 2.06 bits per heavy atom. The lowest BCUT2D eigenvalue weighted by Gasteiger charge is -2.06. The van der Waals surface area contributed by atoms with Gasteiger partial charge in [-0.05, 0) is 18.6 Å². The van der Waals surface area contributed by atoms with Crippen molar-refractivity contribution in [2.45, 2.75) is 6.92 Å². The average Bonchev–Trinajstić information content (AvgIpc) is 2.74. The lowest BCUT2D eigenvalue weighted by atomic mass is 10.0. The first kappa shape index (κ1) is 9.96. The van der Waals surface area contributed by atoms with Crippen molar-refractivity contribution >= 4 is 17.0 Å². The Balaban J connectivity index is 2.44. The number of hydrogen-bond acceptors (Lipinski definition) is 3. The number of ether oxygens (including phenoxy) is 2. The molecule has 2 aromatic rings. The molecule has 1 aliphatic heterocycles. The fraction of sp³-hybridized carbons (Fsp3) is 0.154. The number of nitrogens with one attached hydrogen (secondary N) is 1. The monoisotopic (exact) mass is 229 g/mol. The Morgan fingerprint density at radius 1 is 1.35 bits per heavy atom. The molecule has 1 aromatic heterocycles. The van der Waals surface area contributed by atoms with Gasteiger partial charge in [0.15, 0.2) is 11.5 Å². The van der Waals surface area contributed by atoms with Gasteiger partial charge in [0.1, 0.15) is 0 Å². The number of H-pyrrole nitrogens is 1. The molecular weight excluding hydrogens is 218 g/mol. The first-order chi connectivity index (χ1) is 8.20. The Labute approximate surface area is 97.5 Å². The molecule has 1 aromatic carbocycles. The van der Waals surface area contributed by atoms with E-state index in [1.807, 2.05) is 13.0 Å². The van der Waals surface area contributed by atoms with Crippen LogP contribution in [0.5, 0.6) is 11.5 Å². The number of aromatic amines is 1. The molecule has 3 rings (SSSR count). The number of hydrogen-bond donors (Lipinski definition) is 1. The molecule has 1 N–H and O–H groups in total. The molecule has 0 atom stereocenters. The zero-order valence-electron chi connectivity index (χ0n) is 9.37. The van der Waals surface area contributed by atoms with Gasteiger partial charge in [0, 0.05) is 17.0 Å². The average molecular weight is 229 g/mol. The van der Waals surface area contributed by atoms with Crippen LogP contribution in [-0.2, 0) is 0 Å². The van der Waals surface area contributed by atoms with E-state index in [1.54, 1.807) is 12.1 Å². The van der Waals surface area contributed by atoms with E-state index in [4.69, 9.17) is 9.47 Å². The van der Waals surface area contributed by atoms with Gasteiger partial charge in [0.05, 0.1) is 5.52 Å². The molecule has 86 valence electrons. The minimum Gasteiger partial charge on any atom is -0.454 e. The van der Waals surface area contributed by atoms with Gasteiger partial charge in [-0.1, -0.05) is 12.7 Å². The van der Waals surface area contributed by atoms with E-state index in [0.717, 1.165) is 16.5 Å². The summed E-state index contributed by atoms with van der Waals surface area (Å²) >= 11 is 0. The summed E-state index contributed by atoms with van der Waals surface area (Å²) in [6.45, 7) is 5.78. The largest absolute Gasteiger partial charge is 0.454 e. The molecule has 1 aliphatic rings. The van der Waals surface area contributed by atoms with Gasteiger partial charge in [-0.2, -0.15) is 0 Å². The molecular formula is C13H11NO3. The minimum atomic E-state index is -0.135. The zero-order valence-corrected chi connectivity index (χ0v) is 9.37. The van der Waals surface area contributed by atoms with Crippen LogP contribution >= 0.6 is 0 Å². The van der Waals surface area contributed by atoms with Crippen LogP contribution in [0.3, 0.4) is 0 Å². The number of pyridine rings is 1. The molecule has 0 fully saturated rings. The van der Waals surface area contributed by atoms with Crippen molar-refractivity contribution in [3.8, 4) is 11.5 Å². The normalized spacial score (nSPS) is 13.0. The standard InChI is InChI=1S/C13H11NO3/c1-3-8-7(2)9-4-11-12(17-6-16-11)5-10(9)14-13(8)15/h3-5H,1,6H2,2H3,(H,14,15). The number of rotatable bonds is 1. The SMILES string of the molecule is C=Cc1c(C)c2cc3c(cc2[nH]c1=O)OCO3. The topological polar surface area (TPSA) is 51.3 Å². The van der Waals surface area contributed by atoms with E-state index in [-0.39, 0.29) is 12.4 Å². The van der Waals surface area contributed by atoms with Crippen LogP contribution < -0.4 is 15.0 Å². The summed E-state index contributed by atoms with van der Waals surface area (Å²) < 4.78 is 10.6. The Kier molecular flexibility index (Phi) is 1.98. The van der Waals surface area contributed by atoms with Crippen molar-refractivity contribution < 1.29 is 9.47 Å². The van der Waals surface area contributed by atoms with E-state index in [0.29, 0.717) is 17.1 Å². The third-order valence-electron chi connectivity index (χ3n) is 3.02. The highest BCUT2D eigenvalue weighted by Crippen LogP contribution is 2.36. The molecule has 0 saturated heterocycles. The molecule has 0 amide bonds. The molecule has 17 heavy (non-hydrogen) atoms. The van der Waals surface area contributed by atoms with Crippen molar-refractivity contribution in [1.29, 1.82) is 0 Å². The molecule has 0 unspecified atom stereocenters. The molecule has 2 heterocycles. The molecule has 0 aliphatic carbocycles. The number of aromatic nitrogens is 1. The van der Waals surface area contributed by atoms with Gasteiger partial charge in [-0.3, -0.25) is 4.79 Å². The lowest BCUT2D eigenvalue weighted by molar-refractivity contribution is 0.174. The van der Waals surface area contributed by atoms with Crippen LogP contribution in [0.25, 0.3) is 17.0 Å². The van der Waals surface area contributed by atoms with Crippen molar-refractivity contribution in [2.24, 2.45) is 0 Å². The lowest BCUT2D eigenvalue weighted by Crippen LogP contribution is -2.11. The van der Waals surface area contributed by atoms with E-state index in [2.05, 4.69) is 11.6 Å². The maximum absolute atomic E-state index is 11.8. The van der Waals surface area contributed by atoms with E-state index in [1.165, 1.54) is 0 Å². The first-order valence-corrected chi connectivity index (χ1v) is 5.29. The Bertz CT molecular complexity index is 685. The van der Waals surface area contributed by atoms with Crippen LogP contribution in [0.4, 0.5) is 0 Å². The smallest absolute Gasteiger partial charge is 0.255 e. The van der Waals surface area contributed by atoms with Gasteiger partial charge in [0.2, 0.25) is 6.79 Å². The zero-order chi connectivity index (χ0) is 12.0. The molecule has 4 heteroatoms. The Morgan fingerprint density at radius 3 is 2.76 bits per heavy atom. The third-order valence-corrected chi connectivity index (χ3v) is 3.02. The van der Waals surface area contributed by atoms with Crippen LogP contribution in [-0.4, -0.2) is 11.8 Å². The van der Waals surface area contributed by atoms with Crippen LogP contribution in [0.2, 0.25) is 0 Å². The number of aryl methyl sites for hydroxylation is 1. The summed E-state index contributed by atoms with van der Waals surface area (Å²) in [4.78, 5) is 14.6. The summed E-state index contributed by atoms with van der Waals surface area (Å²) in [5.74, 6) is 1.38. The van der Waals surface area contributed by atoms with Crippen LogP contribution in [0.15, 0.2) is 23.5 Å². The fourth-order valence-electron chi connectivity index (χ4n) is 2.11. The predicted octanol–water partition coefficient (Wildman–Crippen LogP) is 2.21. The second-order valence-corrected chi connectivity index (χ2v) is 3.95. The quantitative estimate of drug-likeness (QED) is 0.815. The summed E-state index contributed by atoms with van der Waals surface area (Å²) in [5, 5.41) is 0.948. The highest BCUT2D eigenvalue weighted by molar-refractivity contribution is 5.88. The predicted molar refractivity (Wildman–Crippen MR) is 65.5 cm³/mol. The van der Waals surface area contributed by atoms with Crippen molar-refractivity contribution in [1.82, 2.24) is 4.98 Å². The molecule has 0 radical (unpaired) electrons. The van der Waals surface area contributed by atoms with Crippen LogP contribution in [0, 0.1) is 6.92 Å². The highest BCUT2D eigenvalue weighted by Gasteiger charge is 2.16. The molecule has 0 spiro atoms. The van der Waals surface area contributed by atoms with E-state index >= 15 is 0 Å². The van der Waals surface area contributed by atoms with E-state index in [9.17, 15) is 4.79 Å². The number of benzene rings is 1. The Hall–Kier alpha value is -2.23. The number of fused-ring (bicyclic) bond motifs is 2. The summed E-state index contributed by atoms with van der Waals surface area (Å²) in [7, 11) is 0. The highest BCUT2D eigenvalue weighted by atomic mass is 16.7. The maximum atomic E-state index is 11.8. The molecule has 4 nitrogen and oxygen atoms in total.